The molecule has 1 aliphatic rings. The van der Waals surface area contributed by atoms with Crippen molar-refractivity contribution in [1.29, 1.82) is 0 Å². The van der Waals surface area contributed by atoms with Crippen molar-refractivity contribution in [2.45, 2.75) is 25.7 Å². The quantitative estimate of drug-likeness (QED) is 0.428. The molecule has 176 valence electrons. The van der Waals surface area contributed by atoms with Crippen molar-refractivity contribution in [3.63, 3.8) is 0 Å². The summed E-state index contributed by atoms with van der Waals surface area (Å²) in [5.41, 5.74) is 4.16. The molecule has 0 aliphatic carbocycles. The number of pyridine rings is 1. The van der Waals surface area contributed by atoms with E-state index in [2.05, 4.69) is 29.6 Å². The number of benzene rings is 2. The zero-order valence-electron chi connectivity index (χ0n) is 18.9. The van der Waals surface area contributed by atoms with E-state index in [1.165, 1.54) is 34.8 Å². The third-order valence-corrected chi connectivity index (χ3v) is 6.44. The van der Waals surface area contributed by atoms with Crippen molar-refractivity contribution in [2.75, 3.05) is 13.6 Å². The van der Waals surface area contributed by atoms with Gasteiger partial charge >= 0.3 is 6.18 Å². The molecule has 5 rings (SSSR count). The van der Waals surface area contributed by atoms with Crippen LogP contribution in [-0.2, 0) is 32.8 Å². The Morgan fingerprint density at radius 3 is 2.47 bits per heavy atom. The molecule has 2 aromatic carbocycles. The highest BCUT2D eigenvalue weighted by Crippen LogP contribution is 2.31. The second-order valence-electron chi connectivity index (χ2n) is 8.73. The summed E-state index contributed by atoms with van der Waals surface area (Å²) in [5, 5.41) is 1.21. The average molecular weight is 467 g/mol. The largest absolute Gasteiger partial charge is 0.489 e. The Morgan fingerprint density at radius 2 is 1.76 bits per heavy atom. The van der Waals surface area contributed by atoms with Gasteiger partial charge in [0.2, 0.25) is 0 Å². The molecule has 1 aliphatic heterocycles. The summed E-state index contributed by atoms with van der Waals surface area (Å²) in [4.78, 5) is 15.1. The fourth-order valence-electron chi connectivity index (χ4n) is 4.57. The van der Waals surface area contributed by atoms with Gasteiger partial charge in [-0.25, -0.2) is 0 Å². The van der Waals surface area contributed by atoms with E-state index < -0.39 is 11.7 Å². The van der Waals surface area contributed by atoms with Crippen molar-refractivity contribution in [3.05, 3.63) is 93.5 Å². The van der Waals surface area contributed by atoms with E-state index in [0.717, 1.165) is 42.8 Å². The van der Waals surface area contributed by atoms with Gasteiger partial charge in [-0.15, -0.1) is 0 Å². The molecular weight excluding hydrogens is 443 g/mol. The Hall–Kier alpha value is -3.52. The number of ether oxygens (including phenoxy) is 1. The fourth-order valence-corrected chi connectivity index (χ4v) is 4.57. The third-order valence-electron chi connectivity index (χ3n) is 6.44. The zero-order valence-corrected chi connectivity index (χ0v) is 18.9. The van der Waals surface area contributed by atoms with Crippen LogP contribution in [0.1, 0.15) is 22.4 Å². The lowest BCUT2D eigenvalue weighted by Crippen LogP contribution is -2.26. The van der Waals surface area contributed by atoms with Crippen LogP contribution in [0.2, 0.25) is 0 Å². The molecule has 2 aromatic heterocycles. The van der Waals surface area contributed by atoms with Gasteiger partial charge < -0.3 is 14.2 Å². The second-order valence-corrected chi connectivity index (χ2v) is 8.73. The zero-order chi connectivity index (χ0) is 24.0. The van der Waals surface area contributed by atoms with Crippen LogP contribution in [0.3, 0.4) is 0 Å². The molecule has 4 aromatic rings. The SMILES string of the molecule is CN1CCc2c(c3ccc(-n4ccc(OCc5ccc(C(F)(F)F)cc5)cc4=O)cc3n2C)C1. The van der Waals surface area contributed by atoms with Crippen LogP contribution in [0, 0.1) is 0 Å². The van der Waals surface area contributed by atoms with Gasteiger partial charge in [-0.2, -0.15) is 13.2 Å². The lowest BCUT2D eigenvalue weighted by molar-refractivity contribution is -0.137. The molecule has 0 spiro atoms. The summed E-state index contributed by atoms with van der Waals surface area (Å²) >= 11 is 0. The number of nitrogens with zero attached hydrogens (tertiary/aromatic N) is 3. The first kappa shape index (κ1) is 22.3. The van der Waals surface area contributed by atoms with E-state index in [1.807, 2.05) is 12.1 Å². The lowest BCUT2D eigenvalue weighted by Gasteiger charge is -2.23. The third kappa shape index (κ3) is 4.09. The van der Waals surface area contributed by atoms with Crippen molar-refractivity contribution >= 4 is 10.9 Å². The average Bonchev–Trinajstić information content (AvgIpc) is 3.08. The number of halogens is 3. The summed E-state index contributed by atoms with van der Waals surface area (Å²) in [7, 11) is 4.19. The molecule has 0 atom stereocenters. The standard InChI is InChI=1S/C26H24F3N3O2/c1-30-11-10-23-22(15-30)21-8-7-19(13-24(21)31(23)2)32-12-9-20(14-25(32)33)34-16-17-3-5-18(6-4-17)26(27,28)29/h3-9,12-14H,10-11,15-16H2,1-2H3. The number of aryl methyl sites for hydroxylation is 1. The Balaban J connectivity index is 1.36. The molecule has 0 amide bonds. The molecule has 0 saturated heterocycles. The molecule has 0 fully saturated rings. The molecule has 34 heavy (non-hydrogen) atoms. The monoisotopic (exact) mass is 467 g/mol. The predicted molar refractivity (Wildman–Crippen MR) is 124 cm³/mol. The highest BCUT2D eigenvalue weighted by Gasteiger charge is 2.30. The molecule has 0 radical (unpaired) electrons. The first-order valence-electron chi connectivity index (χ1n) is 11.0. The van der Waals surface area contributed by atoms with Gasteiger partial charge in [-0.1, -0.05) is 18.2 Å². The maximum Gasteiger partial charge on any atom is 0.416 e. The Labute approximate surface area is 194 Å². The van der Waals surface area contributed by atoms with E-state index in [9.17, 15) is 18.0 Å². The molecule has 5 nitrogen and oxygen atoms in total. The van der Waals surface area contributed by atoms with Gasteiger partial charge in [0.15, 0.2) is 0 Å². The maximum atomic E-state index is 12.8. The van der Waals surface area contributed by atoms with Crippen LogP contribution in [0.4, 0.5) is 13.2 Å². The lowest BCUT2D eigenvalue weighted by atomic mass is 10.0. The van der Waals surface area contributed by atoms with Crippen molar-refractivity contribution in [2.24, 2.45) is 7.05 Å². The summed E-state index contributed by atoms with van der Waals surface area (Å²) in [6.45, 7) is 2.01. The van der Waals surface area contributed by atoms with E-state index in [0.29, 0.717) is 11.3 Å². The van der Waals surface area contributed by atoms with Gasteiger partial charge in [-0.05, 0) is 48.5 Å². The Morgan fingerprint density at radius 1 is 1.00 bits per heavy atom. The molecule has 0 unspecified atom stereocenters. The smallest absolute Gasteiger partial charge is 0.416 e. The maximum absolute atomic E-state index is 12.8. The topological polar surface area (TPSA) is 39.4 Å². The summed E-state index contributed by atoms with van der Waals surface area (Å²) in [6, 6.07) is 13.9. The Bertz CT molecular complexity index is 1420. The normalized spacial score (nSPS) is 14.4. The summed E-state index contributed by atoms with van der Waals surface area (Å²) < 4.78 is 47.5. The van der Waals surface area contributed by atoms with Crippen molar-refractivity contribution in [3.8, 4) is 11.4 Å². The van der Waals surface area contributed by atoms with Crippen LogP contribution < -0.4 is 10.3 Å². The highest BCUT2D eigenvalue weighted by molar-refractivity contribution is 5.87. The molecule has 0 bridgehead atoms. The Kier molecular flexibility index (Phi) is 5.48. The molecule has 0 saturated carbocycles. The van der Waals surface area contributed by atoms with Gasteiger partial charge in [0.25, 0.3) is 5.56 Å². The highest BCUT2D eigenvalue weighted by atomic mass is 19.4. The predicted octanol–water partition coefficient (Wildman–Crippen LogP) is 4.91. The van der Waals surface area contributed by atoms with Crippen LogP contribution in [0.5, 0.6) is 5.75 Å². The number of aromatic nitrogens is 2. The molecule has 8 heteroatoms. The molecular formula is C26H24F3N3O2. The number of rotatable bonds is 4. The molecule has 3 heterocycles. The van der Waals surface area contributed by atoms with E-state index in [1.54, 1.807) is 16.8 Å². The number of fused-ring (bicyclic) bond motifs is 3. The first-order valence-corrected chi connectivity index (χ1v) is 11.0. The van der Waals surface area contributed by atoms with Crippen LogP contribution in [-0.4, -0.2) is 27.6 Å². The van der Waals surface area contributed by atoms with Gasteiger partial charge in [0.05, 0.1) is 16.8 Å². The summed E-state index contributed by atoms with van der Waals surface area (Å²) in [6.07, 6.45) is -1.72. The minimum absolute atomic E-state index is 0.0664. The van der Waals surface area contributed by atoms with Crippen molar-refractivity contribution in [1.82, 2.24) is 14.0 Å². The molecule has 0 N–H and O–H groups in total. The summed E-state index contributed by atoms with van der Waals surface area (Å²) in [5.74, 6) is 0.361. The van der Waals surface area contributed by atoms with Gasteiger partial charge in [0, 0.05) is 49.9 Å². The first-order chi connectivity index (χ1) is 16.2. The minimum atomic E-state index is -4.37. The van der Waals surface area contributed by atoms with Gasteiger partial charge in [0.1, 0.15) is 12.4 Å². The van der Waals surface area contributed by atoms with E-state index in [4.69, 9.17) is 4.74 Å². The number of alkyl halides is 3. The van der Waals surface area contributed by atoms with E-state index in [-0.39, 0.29) is 12.2 Å². The second kappa shape index (κ2) is 8.36. The number of hydrogen-bond donors (Lipinski definition) is 0. The fraction of sp³-hybridized carbons (Fsp3) is 0.269. The van der Waals surface area contributed by atoms with Crippen LogP contribution >= 0.6 is 0 Å². The van der Waals surface area contributed by atoms with E-state index >= 15 is 0 Å². The number of hydrogen-bond acceptors (Lipinski definition) is 3. The van der Waals surface area contributed by atoms with Crippen molar-refractivity contribution < 1.29 is 17.9 Å². The van der Waals surface area contributed by atoms with Crippen LogP contribution in [0.15, 0.2) is 65.6 Å². The van der Waals surface area contributed by atoms with Crippen LogP contribution in [0.25, 0.3) is 16.6 Å². The number of likely N-dealkylation sites (N-methyl/N-ethyl adjacent to an activating group) is 1. The van der Waals surface area contributed by atoms with Gasteiger partial charge in [-0.3, -0.25) is 9.36 Å². The minimum Gasteiger partial charge on any atom is -0.489 e.